The monoisotopic (exact) mass is 469 g/mol. The maximum Gasteiger partial charge on any atom is 0.332 e. The zero-order chi connectivity index (χ0) is 22.9. The van der Waals surface area contributed by atoms with Crippen LogP contribution in [0.4, 0.5) is 5.95 Å². The fraction of sp³-hybridized carbons (Fsp3) is 0.450. The standard InChI is InChI=1S/C20H25Cl2N5O4/c1-11(2)8-23-19-24-17-16(18(29)26(4)20(30)25(17)3)27(19)9-13(28)10-31-15-6-5-12(21)7-14(15)22/h5-7,11,13,28H,8-10H2,1-4H3,(H,23,24)/t13-/m1/s1. The van der Waals surface area contributed by atoms with Gasteiger partial charge in [0.05, 0.1) is 11.6 Å². The predicted octanol–water partition coefficient (Wildman–Crippen LogP) is 2.25. The van der Waals surface area contributed by atoms with E-state index in [0.29, 0.717) is 34.2 Å². The van der Waals surface area contributed by atoms with E-state index in [1.165, 1.54) is 11.6 Å². The summed E-state index contributed by atoms with van der Waals surface area (Å²) in [5.41, 5.74) is -0.497. The molecule has 3 rings (SSSR count). The first-order valence-corrected chi connectivity index (χ1v) is 10.5. The number of fused-ring (bicyclic) bond motifs is 1. The maximum absolute atomic E-state index is 12.8. The number of benzene rings is 1. The molecule has 168 valence electrons. The molecule has 2 N–H and O–H groups in total. The molecule has 1 atom stereocenters. The lowest BCUT2D eigenvalue weighted by Gasteiger charge is -2.17. The number of aliphatic hydroxyl groups is 1. The highest BCUT2D eigenvalue weighted by Crippen LogP contribution is 2.27. The van der Waals surface area contributed by atoms with Crippen LogP contribution >= 0.6 is 23.2 Å². The van der Waals surface area contributed by atoms with Crippen LogP contribution in [-0.2, 0) is 20.6 Å². The van der Waals surface area contributed by atoms with E-state index < -0.39 is 17.4 Å². The Balaban J connectivity index is 1.94. The van der Waals surface area contributed by atoms with Crippen LogP contribution in [0.3, 0.4) is 0 Å². The van der Waals surface area contributed by atoms with E-state index in [4.69, 9.17) is 27.9 Å². The second-order valence-electron chi connectivity index (χ2n) is 7.74. The van der Waals surface area contributed by atoms with Gasteiger partial charge in [0, 0.05) is 25.7 Å². The highest BCUT2D eigenvalue weighted by atomic mass is 35.5. The smallest absolute Gasteiger partial charge is 0.332 e. The number of aryl methyl sites for hydroxylation is 1. The number of anilines is 1. The molecule has 0 saturated heterocycles. The summed E-state index contributed by atoms with van der Waals surface area (Å²) in [6.07, 6.45) is -0.981. The fourth-order valence-electron chi connectivity index (χ4n) is 3.10. The summed E-state index contributed by atoms with van der Waals surface area (Å²) in [6.45, 7) is 4.62. The molecule has 31 heavy (non-hydrogen) atoms. The van der Waals surface area contributed by atoms with E-state index in [1.807, 2.05) is 13.8 Å². The van der Waals surface area contributed by atoms with Gasteiger partial charge in [0.1, 0.15) is 18.5 Å². The number of hydrogen-bond donors (Lipinski definition) is 2. The van der Waals surface area contributed by atoms with Crippen LogP contribution in [0, 0.1) is 5.92 Å². The van der Waals surface area contributed by atoms with E-state index in [9.17, 15) is 14.7 Å². The van der Waals surface area contributed by atoms with Crippen LogP contribution in [0.25, 0.3) is 11.2 Å². The summed E-state index contributed by atoms with van der Waals surface area (Å²) in [5.74, 6) is 1.10. The molecule has 0 bridgehead atoms. The summed E-state index contributed by atoms with van der Waals surface area (Å²) < 4.78 is 9.52. The van der Waals surface area contributed by atoms with Crippen molar-refractivity contribution in [2.75, 3.05) is 18.5 Å². The third-order valence-electron chi connectivity index (χ3n) is 4.73. The average molecular weight is 470 g/mol. The Bertz CT molecular complexity index is 1210. The van der Waals surface area contributed by atoms with Gasteiger partial charge in [-0.2, -0.15) is 4.98 Å². The van der Waals surface area contributed by atoms with Gasteiger partial charge in [-0.05, 0) is 24.1 Å². The van der Waals surface area contributed by atoms with Crippen LogP contribution in [0.1, 0.15) is 13.8 Å². The molecular weight excluding hydrogens is 445 g/mol. The van der Waals surface area contributed by atoms with Crippen LogP contribution in [0.2, 0.25) is 10.0 Å². The lowest BCUT2D eigenvalue weighted by atomic mass is 10.2. The molecule has 2 heterocycles. The van der Waals surface area contributed by atoms with Crippen molar-refractivity contribution in [3.63, 3.8) is 0 Å². The number of aliphatic hydroxyl groups excluding tert-OH is 1. The van der Waals surface area contributed by atoms with Crippen molar-refractivity contribution < 1.29 is 9.84 Å². The van der Waals surface area contributed by atoms with E-state index in [-0.39, 0.29) is 24.3 Å². The highest BCUT2D eigenvalue weighted by molar-refractivity contribution is 6.35. The van der Waals surface area contributed by atoms with Crippen molar-refractivity contribution in [2.24, 2.45) is 20.0 Å². The molecule has 3 aromatic rings. The Morgan fingerprint density at radius 2 is 1.90 bits per heavy atom. The van der Waals surface area contributed by atoms with Gasteiger partial charge in [0.25, 0.3) is 5.56 Å². The SMILES string of the molecule is CC(C)CNc1nc2c(c(=O)n(C)c(=O)n2C)n1C[C@@H](O)COc1ccc(Cl)cc1Cl. The van der Waals surface area contributed by atoms with Gasteiger partial charge in [-0.25, -0.2) is 4.79 Å². The van der Waals surface area contributed by atoms with Gasteiger partial charge in [-0.3, -0.25) is 13.9 Å². The lowest BCUT2D eigenvalue weighted by Crippen LogP contribution is -2.38. The molecule has 0 amide bonds. The summed E-state index contributed by atoms with van der Waals surface area (Å²) in [6, 6.07) is 4.80. The molecule has 0 fully saturated rings. The molecule has 2 aromatic heterocycles. The van der Waals surface area contributed by atoms with Gasteiger partial charge < -0.3 is 19.7 Å². The molecule has 9 nitrogen and oxygen atoms in total. The second kappa shape index (κ2) is 9.33. The first-order valence-electron chi connectivity index (χ1n) is 9.76. The van der Waals surface area contributed by atoms with E-state index in [1.54, 1.807) is 29.8 Å². The molecule has 0 saturated carbocycles. The molecule has 0 radical (unpaired) electrons. The van der Waals surface area contributed by atoms with Crippen molar-refractivity contribution in [1.29, 1.82) is 0 Å². The summed E-state index contributed by atoms with van der Waals surface area (Å²) >= 11 is 12.0. The van der Waals surface area contributed by atoms with Crippen molar-refractivity contribution in [3.8, 4) is 5.75 Å². The minimum Gasteiger partial charge on any atom is -0.489 e. The first-order chi connectivity index (χ1) is 14.6. The van der Waals surface area contributed by atoms with Gasteiger partial charge in [-0.1, -0.05) is 37.0 Å². The van der Waals surface area contributed by atoms with Gasteiger partial charge >= 0.3 is 5.69 Å². The zero-order valence-corrected chi connectivity index (χ0v) is 19.2. The van der Waals surface area contributed by atoms with Crippen LogP contribution in [0.5, 0.6) is 5.75 Å². The fourth-order valence-corrected chi connectivity index (χ4v) is 3.56. The normalized spacial score (nSPS) is 12.5. The Morgan fingerprint density at radius 3 is 2.55 bits per heavy atom. The van der Waals surface area contributed by atoms with Crippen molar-refractivity contribution in [3.05, 3.63) is 49.1 Å². The average Bonchev–Trinajstić information content (AvgIpc) is 3.06. The first kappa shape index (κ1) is 23.2. The van der Waals surface area contributed by atoms with Crippen molar-refractivity contribution in [1.82, 2.24) is 18.7 Å². The Morgan fingerprint density at radius 1 is 1.19 bits per heavy atom. The maximum atomic E-state index is 12.8. The number of hydrogen-bond acceptors (Lipinski definition) is 6. The Labute approximate surface area is 188 Å². The number of nitrogens with one attached hydrogen (secondary N) is 1. The van der Waals surface area contributed by atoms with E-state index in [2.05, 4.69) is 10.3 Å². The molecular formula is C20H25Cl2N5O4. The highest BCUT2D eigenvalue weighted by Gasteiger charge is 2.21. The molecule has 11 heteroatoms. The number of rotatable bonds is 8. The topological polar surface area (TPSA) is 103 Å². The minimum atomic E-state index is -0.981. The number of ether oxygens (including phenoxy) is 1. The van der Waals surface area contributed by atoms with E-state index >= 15 is 0 Å². The van der Waals surface area contributed by atoms with E-state index in [0.717, 1.165) is 4.57 Å². The van der Waals surface area contributed by atoms with Crippen LogP contribution in [-0.4, -0.2) is 43.0 Å². The number of halogens is 2. The Hall–Kier alpha value is -2.49. The summed E-state index contributed by atoms with van der Waals surface area (Å²) in [7, 11) is 2.96. The summed E-state index contributed by atoms with van der Waals surface area (Å²) in [5, 5.41) is 14.6. The predicted molar refractivity (Wildman–Crippen MR) is 122 cm³/mol. The largest absolute Gasteiger partial charge is 0.489 e. The van der Waals surface area contributed by atoms with Crippen molar-refractivity contribution in [2.45, 2.75) is 26.5 Å². The van der Waals surface area contributed by atoms with Gasteiger partial charge in [-0.15, -0.1) is 0 Å². The quantitative estimate of drug-likeness (QED) is 0.524. The minimum absolute atomic E-state index is 0.0234. The molecule has 1 aromatic carbocycles. The third-order valence-corrected chi connectivity index (χ3v) is 5.27. The third kappa shape index (κ3) is 4.89. The molecule has 0 aliphatic carbocycles. The van der Waals surface area contributed by atoms with Crippen molar-refractivity contribution >= 4 is 40.3 Å². The Kier molecular flexibility index (Phi) is 6.98. The van der Waals surface area contributed by atoms with Crippen LogP contribution in [0.15, 0.2) is 27.8 Å². The second-order valence-corrected chi connectivity index (χ2v) is 8.58. The zero-order valence-electron chi connectivity index (χ0n) is 17.7. The molecule has 0 unspecified atom stereocenters. The number of nitrogens with zero attached hydrogens (tertiary/aromatic N) is 4. The number of imidazole rings is 1. The van der Waals surface area contributed by atoms with Gasteiger partial charge in [0.2, 0.25) is 5.95 Å². The van der Waals surface area contributed by atoms with Crippen LogP contribution < -0.4 is 21.3 Å². The molecule has 0 spiro atoms. The number of aromatic nitrogens is 4. The lowest BCUT2D eigenvalue weighted by molar-refractivity contribution is 0.0938. The van der Waals surface area contributed by atoms with Gasteiger partial charge in [0.15, 0.2) is 11.2 Å². The molecule has 0 aliphatic heterocycles. The molecule has 0 aliphatic rings. The summed E-state index contributed by atoms with van der Waals surface area (Å²) in [4.78, 5) is 29.6.